The molecule has 2 nitrogen and oxygen atoms in total. The smallest absolute Gasteiger partial charge is 0.101 e. The fourth-order valence-electron chi connectivity index (χ4n) is 1.82. The summed E-state index contributed by atoms with van der Waals surface area (Å²) < 4.78 is 0. The van der Waals surface area contributed by atoms with Crippen LogP contribution >= 0.6 is 0 Å². The minimum atomic E-state index is 0.784. The summed E-state index contributed by atoms with van der Waals surface area (Å²) in [6, 6.07) is 10.1. The lowest BCUT2D eigenvalue weighted by atomic mass is 10.1. The third-order valence-electron chi connectivity index (χ3n) is 2.64. The van der Waals surface area contributed by atoms with Crippen LogP contribution in [0.5, 0.6) is 0 Å². The lowest BCUT2D eigenvalue weighted by Gasteiger charge is -2.25. The van der Waals surface area contributed by atoms with Crippen LogP contribution in [0.25, 0.3) is 0 Å². The van der Waals surface area contributed by atoms with Gasteiger partial charge < -0.3 is 4.90 Å². The summed E-state index contributed by atoms with van der Waals surface area (Å²) >= 11 is 0. The van der Waals surface area contributed by atoms with E-state index in [4.69, 9.17) is 5.26 Å². The molecule has 0 amide bonds. The standard InChI is InChI=1S/C14H20N2.C2H6/c1-3-5-11-16(10-4-2)14-9-7-6-8-13(14)12-15;1-2/h6-9H,3-5,10-11H2,1-2H3;1-2H3. The molecule has 18 heavy (non-hydrogen) atoms. The molecule has 0 aliphatic heterocycles. The molecule has 0 radical (unpaired) electrons. The Kier molecular flexibility index (Phi) is 9.77. The third kappa shape index (κ3) is 5.23. The summed E-state index contributed by atoms with van der Waals surface area (Å²) in [7, 11) is 0. The van der Waals surface area contributed by atoms with E-state index in [1.165, 1.54) is 12.8 Å². The average Bonchev–Trinajstić information content (AvgIpc) is 2.45. The van der Waals surface area contributed by atoms with Gasteiger partial charge in [-0.15, -0.1) is 0 Å². The SMILES string of the molecule is CC.CCCCN(CCC)c1ccccc1C#N. The maximum absolute atomic E-state index is 9.08. The highest BCUT2D eigenvalue weighted by atomic mass is 15.1. The van der Waals surface area contributed by atoms with Crippen molar-refractivity contribution in [2.45, 2.75) is 47.0 Å². The van der Waals surface area contributed by atoms with E-state index in [9.17, 15) is 0 Å². The number of anilines is 1. The van der Waals surface area contributed by atoms with Crippen molar-refractivity contribution in [2.24, 2.45) is 0 Å². The number of nitriles is 1. The summed E-state index contributed by atoms with van der Waals surface area (Å²) in [6.45, 7) is 10.4. The Balaban J connectivity index is 0.00000137. The molecule has 0 spiro atoms. The van der Waals surface area contributed by atoms with Crippen molar-refractivity contribution >= 4 is 5.69 Å². The van der Waals surface area contributed by atoms with Crippen molar-refractivity contribution in [3.63, 3.8) is 0 Å². The van der Waals surface area contributed by atoms with Crippen molar-refractivity contribution in [1.82, 2.24) is 0 Å². The second-order valence-corrected chi connectivity index (χ2v) is 3.97. The molecule has 0 unspecified atom stereocenters. The summed E-state index contributed by atoms with van der Waals surface area (Å²) in [5, 5.41) is 9.08. The number of unbranched alkanes of at least 4 members (excludes halogenated alkanes) is 1. The number of para-hydroxylation sites is 1. The number of benzene rings is 1. The molecular weight excluding hydrogens is 220 g/mol. The van der Waals surface area contributed by atoms with E-state index in [2.05, 4.69) is 24.8 Å². The van der Waals surface area contributed by atoms with Gasteiger partial charge in [-0.2, -0.15) is 5.26 Å². The largest absolute Gasteiger partial charge is 0.370 e. The molecule has 0 fully saturated rings. The molecule has 0 aromatic heterocycles. The van der Waals surface area contributed by atoms with E-state index in [0.717, 1.165) is 30.8 Å². The maximum Gasteiger partial charge on any atom is 0.101 e. The van der Waals surface area contributed by atoms with Crippen LogP contribution < -0.4 is 4.90 Å². The van der Waals surface area contributed by atoms with E-state index in [1.54, 1.807) is 0 Å². The van der Waals surface area contributed by atoms with E-state index in [-0.39, 0.29) is 0 Å². The minimum absolute atomic E-state index is 0.784. The zero-order valence-corrected chi connectivity index (χ0v) is 12.2. The maximum atomic E-state index is 9.08. The second-order valence-electron chi connectivity index (χ2n) is 3.97. The fraction of sp³-hybridized carbons (Fsp3) is 0.562. The number of nitrogens with zero attached hydrogens (tertiary/aromatic N) is 2. The highest BCUT2D eigenvalue weighted by Gasteiger charge is 2.08. The number of hydrogen-bond acceptors (Lipinski definition) is 2. The van der Waals surface area contributed by atoms with Crippen molar-refractivity contribution in [3.05, 3.63) is 29.8 Å². The molecule has 0 aliphatic carbocycles. The van der Waals surface area contributed by atoms with Crippen LogP contribution in [0.15, 0.2) is 24.3 Å². The normalized spacial score (nSPS) is 9.06. The first-order valence-electron chi connectivity index (χ1n) is 7.07. The summed E-state index contributed by atoms with van der Waals surface area (Å²) in [5.74, 6) is 0. The zero-order chi connectivity index (χ0) is 13.8. The summed E-state index contributed by atoms with van der Waals surface area (Å²) in [6.07, 6.45) is 3.48. The Labute approximate surface area is 112 Å². The van der Waals surface area contributed by atoms with Crippen LogP contribution in [0.2, 0.25) is 0 Å². The molecule has 0 heterocycles. The van der Waals surface area contributed by atoms with Crippen LogP contribution in [-0.4, -0.2) is 13.1 Å². The molecule has 0 atom stereocenters. The third-order valence-corrected chi connectivity index (χ3v) is 2.64. The molecule has 0 N–H and O–H groups in total. The molecule has 2 heteroatoms. The lowest BCUT2D eigenvalue weighted by molar-refractivity contribution is 0.703. The highest BCUT2D eigenvalue weighted by molar-refractivity contribution is 5.59. The van der Waals surface area contributed by atoms with Crippen LogP contribution in [0.1, 0.15) is 52.5 Å². The Hall–Kier alpha value is -1.49. The Morgan fingerprint density at radius 3 is 2.28 bits per heavy atom. The van der Waals surface area contributed by atoms with Gasteiger partial charge in [0.2, 0.25) is 0 Å². The van der Waals surface area contributed by atoms with Gasteiger partial charge in [0.25, 0.3) is 0 Å². The topological polar surface area (TPSA) is 27.0 Å². The van der Waals surface area contributed by atoms with Gasteiger partial charge in [0.15, 0.2) is 0 Å². The molecular formula is C16H26N2. The monoisotopic (exact) mass is 246 g/mol. The second kappa shape index (κ2) is 10.7. The van der Waals surface area contributed by atoms with Gasteiger partial charge in [0, 0.05) is 13.1 Å². The molecule has 0 bridgehead atoms. The predicted octanol–water partition coefficient (Wildman–Crippen LogP) is 4.60. The van der Waals surface area contributed by atoms with Gasteiger partial charge in [-0.1, -0.05) is 46.2 Å². The van der Waals surface area contributed by atoms with Gasteiger partial charge in [-0.3, -0.25) is 0 Å². The summed E-state index contributed by atoms with van der Waals surface area (Å²) in [5.41, 5.74) is 1.87. The molecule has 0 saturated heterocycles. The van der Waals surface area contributed by atoms with Gasteiger partial charge in [-0.05, 0) is 25.0 Å². The molecule has 1 rings (SSSR count). The Morgan fingerprint density at radius 2 is 1.72 bits per heavy atom. The van der Waals surface area contributed by atoms with E-state index < -0.39 is 0 Å². The average molecular weight is 246 g/mol. The zero-order valence-electron chi connectivity index (χ0n) is 12.2. The lowest BCUT2D eigenvalue weighted by Crippen LogP contribution is -2.25. The van der Waals surface area contributed by atoms with Crippen molar-refractivity contribution < 1.29 is 0 Å². The van der Waals surface area contributed by atoms with Crippen LogP contribution in [0, 0.1) is 11.3 Å². The van der Waals surface area contributed by atoms with Gasteiger partial charge in [0.1, 0.15) is 6.07 Å². The summed E-state index contributed by atoms with van der Waals surface area (Å²) in [4.78, 5) is 2.32. The first-order chi connectivity index (χ1) is 8.83. The number of rotatable bonds is 6. The number of hydrogen-bond donors (Lipinski definition) is 0. The molecule has 0 aliphatic rings. The first kappa shape index (κ1) is 16.5. The van der Waals surface area contributed by atoms with E-state index in [0.29, 0.717) is 0 Å². The fourth-order valence-corrected chi connectivity index (χ4v) is 1.82. The van der Waals surface area contributed by atoms with Crippen LogP contribution in [-0.2, 0) is 0 Å². The van der Waals surface area contributed by atoms with Crippen LogP contribution in [0.4, 0.5) is 5.69 Å². The predicted molar refractivity (Wildman–Crippen MR) is 79.9 cm³/mol. The van der Waals surface area contributed by atoms with Gasteiger partial charge in [0.05, 0.1) is 11.3 Å². The van der Waals surface area contributed by atoms with E-state index in [1.807, 2.05) is 38.1 Å². The Bertz CT molecular complexity index is 352. The Morgan fingerprint density at radius 1 is 1.06 bits per heavy atom. The first-order valence-corrected chi connectivity index (χ1v) is 7.07. The quantitative estimate of drug-likeness (QED) is 0.733. The van der Waals surface area contributed by atoms with Crippen molar-refractivity contribution in [3.8, 4) is 6.07 Å². The minimum Gasteiger partial charge on any atom is -0.370 e. The molecule has 1 aromatic rings. The molecule has 1 aromatic carbocycles. The van der Waals surface area contributed by atoms with Crippen molar-refractivity contribution in [2.75, 3.05) is 18.0 Å². The molecule has 100 valence electrons. The van der Waals surface area contributed by atoms with Gasteiger partial charge in [-0.25, -0.2) is 0 Å². The van der Waals surface area contributed by atoms with Crippen molar-refractivity contribution in [1.29, 1.82) is 5.26 Å². The van der Waals surface area contributed by atoms with Gasteiger partial charge >= 0.3 is 0 Å². The van der Waals surface area contributed by atoms with E-state index >= 15 is 0 Å². The highest BCUT2D eigenvalue weighted by Crippen LogP contribution is 2.20. The van der Waals surface area contributed by atoms with Crippen LogP contribution in [0.3, 0.4) is 0 Å². The molecule has 0 saturated carbocycles.